The molecule has 0 bridgehead atoms. The van der Waals surface area contributed by atoms with E-state index in [2.05, 4.69) is 4.74 Å². The summed E-state index contributed by atoms with van der Waals surface area (Å²) in [6, 6.07) is 0. The molecule has 0 heterocycles. The maximum absolute atomic E-state index is 13.8. The molecule has 0 aromatic rings. The number of ether oxygens (including phenoxy) is 1. The van der Waals surface area contributed by atoms with Gasteiger partial charge >= 0.3 is 42.4 Å². The van der Waals surface area contributed by atoms with Crippen LogP contribution in [0.25, 0.3) is 0 Å². The van der Waals surface area contributed by atoms with Gasteiger partial charge in [-0.05, 0) is 6.92 Å². The van der Waals surface area contributed by atoms with Gasteiger partial charge in [0.05, 0.1) is 0 Å². The summed E-state index contributed by atoms with van der Waals surface area (Å²) in [4.78, 5) is 0. The quantitative estimate of drug-likeness (QED) is 0.477. The van der Waals surface area contributed by atoms with Crippen LogP contribution in [0.1, 0.15) is 6.92 Å². The Kier molecular flexibility index (Phi) is 6.72. The zero-order valence-electron chi connectivity index (χ0n) is 12.2. The van der Waals surface area contributed by atoms with Gasteiger partial charge in [-0.2, -0.15) is 52.7 Å². The van der Waals surface area contributed by atoms with Crippen molar-refractivity contribution in [2.24, 2.45) is 0 Å². The number of rotatable bonds is 6. The number of alkyl halides is 16. The molecule has 0 spiro atoms. The summed E-state index contributed by atoms with van der Waals surface area (Å²) in [5, 5.41) is 0. The van der Waals surface area contributed by atoms with Gasteiger partial charge in [0.2, 0.25) is 6.17 Å². The van der Waals surface area contributed by atoms with Crippen molar-refractivity contribution in [2.75, 3.05) is 0 Å². The van der Waals surface area contributed by atoms with Crippen molar-refractivity contribution in [3.05, 3.63) is 0 Å². The normalized spacial score (nSPS) is 19.8. The molecule has 0 fully saturated rings. The highest BCUT2D eigenvalue weighted by Gasteiger charge is 2.85. The van der Waals surface area contributed by atoms with Gasteiger partial charge in [0.15, 0.2) is 0 Å². The Hall–Kier alpha value is -1.16. The molecule has 0 aliphatic heterocycles. The molecule has 0 aliphatic carbocycles. The van der Waals surface area contributed by atoms with E-state index in [9.17, 15) is 70.2 Å². The van der Waals surface area contributed by atoms with Crippen LogP contribution in [0, 0.1) is 0 Å². The van der Waals surface area contributed by atoms with Gasteiger partial charge in [0.25, 0.3) is 0 Å². The standard InChI is InChI=1S/C10H6F16O/c1-2(5(14,15)4(12)13)27-7(17,10(24,25)26)3(11)6(16,8(18,19)20)9(21,22)23/h2-4H,1H3. The first kappa shape index (κ1) is 25.8. The van der Waals surface area contributed by atoms with E-state index in [1.54, 1.807) is 0 Å². The molecule has 0 rings (SSSR count). The lowest BCUT2D eigenvalue weighted by atomic mass is 9.91. The van der Waals surface area contributed by atoms with Crippen LogP contribution in [0.4, 0.5) is 70.2 Å². The Morgan fingerprint density at radius 1 is 0.593 bits per heavy atom. The van der Waals surface area contributed by atoms with Crippen LogP contribution in [-0.4, -0.2) is 54.7 Å². The highest BCUT2D eigenvalue weighted by molar-refractivity contribution is 5.08. The second-order valence-corrected chi connectivity index (χ2v) is 4.95. The van der Waals surface area contributed by atoms with Crippen molar-refractivity contribution in [2.45, 2.75) is 61.6 Å². The third-order valence-corrected chi connectivity index (χ3v) is 3.07. The maximum Gasteiger partial charge on any atom is 0.451 e. The third kappa shape index (κ3) is 4.31. The first-order valence-electron chi connectivity index (χ1n) is 6.03. The Balaban J connectivity index is 6.46. The molecule has 0 saturated carbocycles. The minimum absolute atomic E-state index is 0.542. The molecule has 0 amide bonds. The fourth-order valence-corrected chi connectivity index (χ4v) is 1.49. The molecule has 17 heteroatoms. The highest BCUT2D eigenvalue weighted by atomic mass is 19.4. The monoisotopic (exact) mass is 446 g/mol. The van der Waals surface area contributed by atoms with Crippen LogP contribution in [0.15, 0.2) is 0 Å². The lowest BCUT2D eigenvalue weighted by molar-refractivity contribution is -0.432. The Labute approximate surface area is 138 Å². The van der Waals surface area contributed by atoms with Crippen molar-refractivity contribution in [3.8, 4) is 0 Å². The topological polar surface area (TPSA) is 9.23 Å². The highest BCUT2D eigenvalue weighted by Crippen LogP contribution is 2.56. The minimum Gasteiger partial charge on any atom is -0.327 e. The van der Waals surface area contributed by atoms with Crippen LogP contribution in [0.5, 0.6) is 0 Å². The third-order valence-electron chi connectivity index (χ3n) is 3.07. The first-order valence-corrected chi connectivity index (χ1v) is 6.03. The van der Waals surface area contributed by atoms with Crippen LogP contribution < -0.4 is 0 Å². The van der Waals surface area contributed by atoms with E-state index in [1.807, 2.05) is 0 Å². The fourth-order valence-electron chi connectivity index (χ4n) is 1.49. The minimum atomic E-state index is -7.59. The van der Waals surface area contributed by atoms with Gasteiger partial charge in [0.1, 0.15) is 6.10 Å². The molecule has 27 heavy (non-hydrogen) atoms. The molecule has 1 nitrogen and oxygen atoms in total. The largest absolute Gasteiger partial charge is 0.451 e. The van der Waals surface area contributed by atoms with Gasteiger partial charge in [0, 0.05) is 0 Å². The maximum atomic E-state index is 13.8. The van der Waals surface area contributed by atoms with Crippen molar-refractivity contribution < 1.29 is 75.0 Å². The molecular formula is C10H6F16O. The second-order valence-electron chi connectivity index (χ2n) is 4.95. The number of hydrogen-bond acceptors (Lipinski definition) is 1. The lowest BCUT2D eigenvalue weighted by Gasteiger charge is -2.41. The smallest absolute Gasteiger partial charge is 0.327 e. The predicted molar refractivity (Wildman–Crippen MR) is 52.2 cm³/mol. The second kappa shape index (κ2) is 7.02. The van der Waals surface area contributed by atoms with Gasteiger partial charge < -0.3 is 4.74 Å². The zero-order valence-corrected chi connectivity index (χ0v) is 12.2. The Bertz CT molecular complexity index is 489. The Morgan fingerprint density at radius 3 is 1.15 bits per heavy atom. The lowest BCUT2D eigenvalue weighted by Crippen LogP contribution is -2.69. The van der Waals surface area contributed by atoms with E-state index in [-0.39, 0.29) is 0 Å². The summed E-state index contributed by atoms with van der Waals surface area (Å²) >= 11 is 0. The summed E-state index contributed by atoms with van der Waals surface area (Å²) in [7, 11) is 0. The van der Waals surface area contributed by atoms with Crippen LogP contribution in [-0.2, 0) is 4.74 Å². The van der Waals surface area contributed by atoms with Crippen molar-refractivity contribution in [1.82, 2.24) is 0 Å². The zero-order chi connectivity index (χ0) is 22.4. The van der Waals surface area contributed by atoms with E-state index in [1.165, 1.54) is 0 Å². The average molecular weight is 446 g/mol. The SMILES string of the molecule is CC(OC(F)(C(F)C(F)(C(F)(F)F)C(F)(F)F)C(F)(F)F)C(F)(F)C(F)F. The number of hydrogen-bond donors (Lipinski definition) is 0. The van der Waals surface area contributed by atoms with Crippen molar-refractivity contribution >= 4 is 0 Å². The first-order chi connectivity index (χ1) is 11.5. The molecular weight excluding hydrogens is 440 g/mol. The summed E-state index contributed by atoms with van der Waals surface area (Å²) in [6.45, 7) is -0.542. The van der Waals surface area contributed by atoms with E-state index in [0.717, 1.165) is 0 Å². The molecule has 3 atom stereocenters. The summed E-state index contributed by atoms with van der Waals surface area (Å²) in [5.74, 6) is -12.8. The van der Waals surface area contributed by atoms with E-state index in [4.69, 9.17) is 0 Å². The van der Waals surface area contributed by atoms with Gasteiger partial charge in [-0.3, -0.25) is 0 Å². The molecule has 0 radical (unpaired) electrons. The summed E-state index contributed by atoms with van der Waals surface area (Å²) < 4.78 is 204. The van der Waals surface area contributed by atoms with Crippen LogP contribution in [0.2, 0.25) is 0 Å². The average Bonchev–Trinajstić information content (AvgIpc) is 2.41. The summed E-state index contributed by atoms with van der Waals surface area (Å²) in [6.07, 6.45) is -38.0. The molecule has 0 aromatic carbocycles. The van der Waals surface area contributed by atoms with Gasteiger partial charge in [-0.15, -0.1) is 0 Å². The molecule has 0 saturated heterocycles. The van der Waals surface area contributed by atoms with Crippen molar-refractivity contribution in [1.29, 1.82) is 0 Å². The molecule has 164 valence electrons. The Morgan fingerprint density at radius 2 is 0.926 bits per heavy atom. The van der Waals surface area contributed by atoms with E-state index >= 15 is 0 Å². The molecule has 3 unspecified atom stereocenters. The van der Waals surface area contributed by atoms with Crippen LogP contribution >= 0.6 is 0 Å². The molecule has 0 aromatic heterocycles. The van der Waals surface area contributed by atoms with E-state index in [0.29, 0.717) is 0 Å². The van der Waals surface area contributed by atoms with Gasteiger partial charge in [-0.25, -0.2) is 17.6 Å². The molecule has 0 N–H and O–H groups in total. The molecule has 0 aliphatic rings. The predicted octanol–water partition coefficient (Wildman–Crippen LogP) is 5.69. The van der Waals surface area contributed by atoms with E-state index < -0.39 is 61.6 Å². The van der Waals surface area contributed by atoms with Crippen LogP contribution in [0.3, 0.4) is 0 Å². The summed E-state index contributed by atoms with van der Waals surface area (Å²) in [5.41, 5.74) is -7.59. The number of halogens is 16. The van der Waals surface area contributed by atoms with Gasteiger partial charge in [-0.1, -0.05) is 0 Å². The van der Waals surface area contributed by atoms with Crippen molar-refractivity contribution in [3.63, 3.8) is 0 Å². The fraction of sp³-hybridized carbons (Fsp3) is 1.00.